The lowest BCUT2D eigenvalue weighted by molar-refractivity contribution is 0.0967. The summed E-state index contributed by atoms with van der Waals surface area (Å²) in [6.45, 7) is 2.22. The van der Waals surface area contributed by atoms with Gasteiger partial charge >= 0.3 is 0 Å². The topological polar surface area (TPSA) is 108 Å². The van der Waals surface area contributed by atoms with Gasteiger partial charge in [-0.25, -0.2) is 4.39 Å². The number of ether oxygens (including phenoxy) is 1. The minimum Gasteiger partial charge on any atom is -0.507 e. The van der Waals surface area contributed by atoms with Crippen LogP contribution in [0.4, 0.5) is 27.1 Å². The van der Waals surface area contributed by atoms with E-state index in [0.29, 0.717) is 6.42 Å². The van der Waals surface area contributed by atoms with Crippen LogP contribution in [0, 0.1) is 5.82 Å². The number of phenols is 2. The van der Waals surface area contributed by atoms with Crippen molar-refractivity contribution in [2.24, 2.45) is 0 Å². The van der Waals surface area contributed by atoms with Crippen molar-refractivity contribution >= 4 is 80.7 Å². The molecule has 0 amide bonds. The Morgan fingerprint density at radius 3 is 1.61 bits per heavy atom. The van der Waals surface area contributed by atoms with Gasteiger partial charge in [-0.1, -0.05) is 97.6 Å². The molecule has 46 heavy (non-hydrogen) atoms. The third-order valence-electron chi connectivity index (χ3n) is 7.63. The predicted molar refractivity (Wildman–Crippen MR) is 181 cm³/mol. The minimum absolute atomic E-state index is 0.0990. The maximum absolute atomic E-state index is 16.9. The first-order valence-electron chi connectivity index (χ1n) is 14.6. The number of nitrogens with one attached hydrogen (secondary N) is 2. The maximum Gasteiger partial charge on any atom is 0.202 e. The number of carbonyl (C=O) groups excluding carboxylic acids is 2. The van der Waals surface area contributed by atoms with E-state index in [4.69, 9.17) is 51.1 Å². The van der Waals surface area contributed by atoms with E-state index in [2.05, 4.69) is 17.6 Å². The zero-order valence-corrected chi connectivity index (χ0v) is 27.6. The van der Waals surface area contributed by atoms with E-state index < -0.39 is 51.1 Å². The van der Waals surface area contributed by atoms with Gasteiger partial charge in [0.2, 0.25) is 11.6 Å². The highest BCUT2D eigenvalue weighted by Gasteiger charge is 2.42. The molecule has 1 aliphatic rings. The summed E-state index contributed by atoms with van der Waals surface area (Å²) in [7, 11) is 0. The third kappa shape index (κ3) is 6.45. The van der Waals surface area contributed by atoms with Crippen LogP contribution in [0.5, 0.6) is 17.2 Å². The molecule has 0 radical (unpaired) electrons. The second kappa shape index (κ2) is 14.4. The first kappa shape index (κ1) is 33.7. The summed E-state index contributed by atoms with van der Waals surface area (Å²) in [6.07, 6.45) is 5.63. The minimum atomic E-state index is -1.17. The monoisotopic (exact) mass is 704 g/mol. The largest absolute Gasteiger partial charge is 0.507 e. The van der Waals surface area contributed by atoms with Gasteiger partial charge in [-0.15, -0.1) is 0 Å². The number of anilines is 4. The molecule has 0 unspecified atom stereocenters. The first-order chi connectivity index (χ1) is 22.1. The molecule has 7 nitrogen and oxygen atoms in total. The van der Waals surface area contributed by atoms with Gasteiger partial charge in [0, 0.05) is 0 Å². The van der Waals surface area contributed by atoms with Crippen LogP contribution in [0.3, 0.4) is 0 Å². The average molecular weight is 706 g/mol. The SMILES string of the molecule is CCCCCCCCOc1c(Nc2c(Cl)cccc2Cl)c(Nc2c(Cl)cccc2Cl)c(F)c2c1C(=O)c1c(O)ccc(O)c1C2=O. The number of hydrogen-bond acceptors (Lipinski definition) is 7. The van der Waals surface area contributed by atoms with Crippen LogP contribution in [0.25, 0.3) is 0 Å². The predicted octanol–water partition coefficient (Wildman–Crippen LogP) is 10.9. The lowest BCUT2D eigenvalue weighted by atomic mass is 9.81. The van der Waals surface area contributed by atoms with E-state index in [0.717, 1.165) is 44.2 Å². The van der Waals surface area contributed by atoms with Gasteiger partial charge in [-0.05, 0) is 42.8 Å². The van der Waals surface area contributed by atoms with Crippen LogP contribution in [-0.4, -0.2) is 28.4 Å². The van der Waals surface area contributed by atoms with Crippen LogP contribution >= 0.6 is 46.4 Å². The average Bonchev–Trinajstić information content (AvgIpc) is 3.01. The number of carbonyl (C=O) groups is 2. The Hall–Kier alpha value is -3.69. The van der Waals surface area contributed by atoms with Crippen molar-refractivity contribution in [2.45, 2.75) is 45.4 Å². The third-order valence-corrected chi connectivity index (χ3v) is 8.89. The fourth-order valence-electron chi connectivity index (χ4n) is 5.34. The molecule has 0 saturated carbocycles. The lowest BCUT2D eigenvalue weighted by Crippen LogP contribution is -2.25. The van der Waals surface area contributed by atoms with Crippen molar-refractivity contribution in [1.29, 1.82) is 0 Å². The number of phenolic OH excluding ortho intramolecular Hbond substituents is 2. The fraction of sp³-hybridized carbons (Fsp3) is 0.235. The summed E-state index contributed by atoms with van der Waals surface area (Å²) in [5, 5.41) is 27.8. The maximum atomic E-state index is 16.9. The van der Waals surface area contributed by atoms with Gasteiger partial charge in [0.15, 0.2) is 11.6 Å². The first-order valence-corrected chi connectivity index (χ1v) is 16.2. The van der Waals surface area contributed by atoms with Crippen molar-refractivity contribution in [1.82, 2.24) is 0 Å². The molecule has 240 valence electrons. The summed E-state index contributed by atoms with van der Waals surface area (Å²) < 4.78 is 23.2. The van der Waals surface area contributed by atoms with Gasteiger partial charge in [0.05, 0.1) is 60.3 Å². The Morgan fingerprint density at radius 2 is 1.09 bits per heavy atom. The molecule has 12 heteroatoms. The molecule has 0 atom stereocenters. The number of fused-ring (bicyclic) bond motifs is 2. The molecule has 4 aromatic carbocycles. The zero-order chi connectivity index (χ0) is 33.1. The second-order valence-electron chi connectivity index (χ2n) is 10.7. The molecule has 1 aliphatic carbocycles. The van der Waals surface area contributed by atoms with Crippen molar-refractivity contribution < 1.29 is 28.9 Å². The van der Waals surface area contributed by atoms with Crippen LogP contribution in [0.2, 0.25) is 20.1 Å². The quantitative estimate of drug-likeness (QED) is 0.0755. The highest BCUT2D eigenvalue weighted by Crippen LogP contribution is 2.51. The molecular weight excluding hydrogens is 677 g/mol. The molecule has 4 N–H and O–H groups in total. The molecule has 0 bridgehead atoms. The van der Waals surface area contributed by atoms with Crippen LogP contribution in [-0.2, 0) is 0 Å². The number of benzene rings is 4. The number of aromatic hydroxyl groups is 2. The molecule has 5 rings (SSSR count). The van der Waals surface area contributed by atoms with Gasteiger partial charge < -0.3 is 25.6 Å². The van der Waals surface area contributed by atoms with E-state index in [1.165, 1.54) is 12.1 Å². The van der Waals surface area contributed by atoms with E-state index >= 15 is 4.39 Å². The summed E-state index contributed by atoms with van der Waals surface area (Å²) >= 11 is 25.9. The molecule has 0 saturated heterocycles. The highest BCUT2D eigenvalue weighted by atomic mass is 35.5. The van der Waals surface area contributed by atoms with E-state index in [1.807, 2.05) is 0 Å². The summed E-state index contributed by atoms with van der Waals surface area (Å²) in [5.41, 5.74) is -2.33. The fourth-order valence-corrected chi connectivity index (χ4v) is 6.32. The van der Waals surface area contributed by atoms with E-state index in [1.54, 1.807) is 24.3 Å². The van der Waals surface area contributed by atoms with Crippen molar-refractivity contribution in [3.8, 4) is 17.2 Å². The summed E-state index contributed by atoms with van der Waals surface area (Å²) in [5.74, 6) is -4.48. The number of unbranched alkanes of at least 4 members (excludes halogenated alkanes) is 5. The smallest absolute Gasteiger partial charge is 0.202 e. The van der Waals surface area contributed by atoms with E-state index in [-0.39, 0.29) is 55.2 Å². The molecule has 0 heterocycles. The standard InChI is InChI=1S/C34H29Cl4FN2O5/c1-2-3-4-5-6-7-16-46-34-26-25(32(44)23-21(42)14-15-22(43)24(23)33(26)45)27(39)30(40-28-17(35)10-8-11-18(28)36)31(34)41-29-19(37)12-9-13-20(29)38/h8-15,40-43H,2-7,16H2,1H3. The molecule has 0 aromatic heterocycles. The molecule has 0 aliphatic heterocycles. The number of ketones is 2. The highest BCUT2D eigenvalue weighted by molar-refractivity contribution is 6.40. The summed E-state index contributed by atoms with van der Waals surface area (Å²) in [4.78, 5) is 28.0. The number of hydrogen-bond donors (Lipinski definition) is 4. The number of para-hydroxylation sites is 2. The number of halogens is 5. The van der Waals surface area contributed by atoms with Gasteiger partial charge in [-0.3, -0.25) is 9.59 Å². The molecule has 0 spiro atoms. The lowest BCUT2D eigenvalue weighted by Gasteiger charge is -2.28. The second-order valence-corrected chi connectivity index (χ2v) is 12.3. The molecule has 4 aromatic rings. The van der Waals surface area contributed by atoms with Crippen molar-refractivity contribution in [3.05, 3.63) is 96.7 Å². The van der Waals surface area contributed by atoms with Crippen LogP contribution < -0.4 is 15.4 Å². The van der Waals surface area contributed by atoms with Gasteiger partial charge in [0.25, 0.3) is 0 Å². The Balaban J connectivity index is 1.77. The Morgan fingerprint density at radius 1 is 0.630 bits per heavy atom. The Kier molecular flexibility index (Phi) is 10.5. The number of rotatable bonds is 12. The molecule has 0 fully saturated rings. The molecular formula is C34H29Cl4FN2O5. The zero-order valence-electron chi connectivity index (χ0n) is 24.6. The summed E-state index contributed by atoms with van der Waals surface area (Å²) in [6, 6.07) is 11.5. The Labute approximate surface area is 285 Å². The van der Waals surface area contributed by atoms with E-state index in [9.17, 15) is 19.8 Å². The van der Waals surface area contributed by atoms with Crippen molar-refractivity contribution in [3.63, 3.8) is 0 Å². The van der Waals surface area contributed by atoms with Gasteiger partial charge in [0.1, 0.15) is 22.9 Å². The van der Waals surface area contributed by atoms with Gasteiger partial charge in [-0.2, -0.15) is 0 Å². The Bertz CT molecular complexity index is 1810. The van der Waals surface area contributed by atoms with Crippen LogP contribution in [0.15, 0.2) is 48.5 Å². The normalized spacial score (nSPS) is 12.1. The van der Waals surface area contributed by atoms with Crippen LogP contribution in [0.1, 0.15) is 77.3 Å². The van der Waals surface area contributed by atoms with Crippen molar-refractivity contribution in [2.75, 3.05) is 17.2 Å².